The molecule has 0 unspecified atom stereocenters. The van der Waals surface area contributed by atoms with Crippen LogP contribution in [0.15, 0.2) is 24.3 Å². The van der Waals surface area contributed by atoms with E-state index in [9.17, 15) is 4.79 Å². The molecule has 2 aromatic rings. The molecule has 3 rings (SSSR count). The lowest BCUT2D eigenvalue weighted by molar-refractivity contribution is -0.115. The van der Waals surface area contributed by atoms with Gasteiger partial charge >= 0.3 is 0 Å². The minimum atomic E-state index is -0.0596. The van der Waals surface area contributed by atoms with Crippen molar-refractivity contribution >= 4 is 11.6 Å². The first-order valence-electron chi connectivity index (χ1n) is 8.26. The molecule has 1 aliphatic rings. The van der Waals surface area contributed by atoms with Crippen molar-refractivity contribution in [2.24, 2.45) is 0 Å². The van der Waals surface area contributed by atoms with Gasteiger partial charge in [0, 0.05) is 23.6 Å². The summed E-state index contributed by atoms with van der Waals surface area (Å²) in [5, 5.41) is 9.90. The highest BCUT2D eigenvalue weighted by Gasteiger charge is 2.16. The Morgan fingerprint density at radius 2 is 2.17 bits per heavy atom. The zero-order valence-electron chi connectivity index (χ0n) is 14.1. The molecule has 2 heterocycles. The van der Waals surface area contributed by atoms with E-state index in [2.05, 4.69) is 15.5 Å². The third kappa shape index (κ3) is 4.14. The second-order valence-electron chi connectivity index (χ2n) is 6.11. The molecular formula is C18H23N3O3. The average Bonchev–Trinajstić information content (AvgIpc) is 3.20. The Bertz CT molecular complexity index is 669. The minimum Gasteiger partial charge on any atom is -0.491 e. The topological polar surface area (TPSA) is 76.2 Å². The highest BCUT2D eigenvalue weighted by Crippen LogP contribution is 2.19. The second-order valence-corrected chi connectivity index (χ2v) is 6.11. The zero-order valence-corrected chi connectivity index (χ0v) is 14.1. The maximum absolute atomic E-state index is 12.2. The first kappa shape index (κ1) is 16.5. The van der Waals surface area contributed by atoms with E-state index in [1.807, 2.05) is 38.1 Å². The Balaban J connectivity index is 1.51. The van der Waals surface area contributed by atoms with E-state index in [1.54, 1.807) is 0 Å². The van der Waals surface area contributed by atoms with Crippen LogP contribution >= 0.6 is 0 Å². The fourth-order valence-corrected chi connectivity index (χ4v) is 2.80. The number of ether oxygens (including phenoxy) is 2. The zero-order chi connectivity index (χ0) is 16.9. The molecule has 1 amide bonds. The number of amides is 1. The Morgan fingerprint density at radius 1 is 1.38 bits per heavy atom. The van der Waals surface area contributed by atoms with E-state index in [1.165, 1.54) is 0 Å². The van der Waals surface area contributed by atoms with E-state index < -0.39 is 0 Å². The molecule has 0 spiro atoms. The number of aryl methyl sites for hydroxylation is 2. The Morgan fingerprint density at radius 3 is 2.79 bits per heavy atom. The smallest absolute Gasteiger partial charge is 0.228 e. The summed E-state index contributed by atoms with van der Waals surface area (Å²) in [5.41, 5.74) is 3.49. The highest BCUT2D eigenvalue weighted by molar-refractivity contribution is 5.92. The average molecular weight is 329 g/mol. The van der Waals surface area contributed by atoms with Crippen molar-refractivity contribution in [3.63, 3.8) is 0 Å². The van der Waals surface area contributed by atoms with Crippen LogP contribution in [0.3, 0.4) is 0 Å². The monoisotopic (exact) mass is 329 g/mol. The van der Waals surface area contributed by atoms with Gasteiger partial charge in [0.05, 0.1) is 18.2 Å². The van der Waals surface area contributed by atoms with Crippen molar-refractivity contribution < 1.29 is 14.3 Å². The minimum absolute atomic E-state index is 0.0596. The highest BCUT2D eigenvalue weighted by atomic mass is 16.5. The summed E-state index contributed by atoms with van der Waals surface area (Å²) in [7, 11) is 0. The predicted molar refractivity (Wildman–Crippen MR) is 91.3 cm³/mol. The SMILES string of the molecule is Cc1n[nH]c(C)c1CC(=O)Nc1ccc(OC[C@@H]2CCCO2)cc1. The Hall–Kier alpha value is -2.34. The van der Waals surface area contributed by atoms with Crippen LogP contribution in [0.1, 0.15) is 29.8 Å². The van der Waals surface area contributed by atoms with E-state index in [0.29, 0.717) is 13.0 Å². The summed E-state index contributed by atoms with van der Waals surface area (Å²) < 4.78 is 11.2. The third-order valence-electron chi connectivity index (χ3n) is 4.22. The molecule has 0 bridgehead atoms. The van der Waals surface area contributed by atoms with Crippen LogP contribution in [0.5, 0.6) is 5.75 Å². The summed E-state index contributed by atoms with van der Waals surface area (Å²) in [4.78, 5) is 12.2. The molecule has 24 heavy (non-hydrogen) atoms. The van der Waals surface area contributed by atoms with E-state index in [4.69, 9.17) is 9.47 Å². The van der Waals surface area contributed by atoms with Crippen molar-refractivity contribution in [2.45, 2.75) is 39.2 Å². The number of H-pyrrole nitrogens is 1. The maximum Gasteiger partial charge on any atom is 0.228 e. The van der Waals surface area contributed by atoms with Crippen LogP contribution in [0.2, 0.25) is 0 Å². The molecular weight excluding hydrogens is 306 g/mol. The fraction of sp³-hybridized carbons (Fsp3) is 0.444. The van der Waals surface area contributed by atoms with Gasteiger partial charge in [0.25, 0.3) is 0 Å². The molecule has 6 heteroatoms. The summed E-state index contributed by atoms with van der Waals surface area (Å²) in [6.07, 6.45) is 2.67. The van der Waals surface area contributed by atoms with Crippen LogP contribution in [0.4, 0.5) is 5.69 Å². The number of aromatic amines is 1. The number of hydrogen-bond acceptors (Lipinski definition) is 4. The van der Waals surface area contributed by atoms with Gasteiger partial charge in [0.2, 0.25) is 5.91 Å². The molecule has 1 aromatic carbocycles. The molecule has 128 valence electrons. The van der Waals surface area contributed by atoms with Gasteiger partial charge in [-0.15, -0.1) is 0 Å². The van der Waals surface area contributed by atoms with Crippen molar-refractivity contribution in [3.8, 4) is 5.75 Å². The molecule has 1 aromatic heterocycles. The van der Waals surface area contributed by atoms with Crippen LogP contribution in [0, 0.1) is 13.8 Å². The van der Waals surface area contributed by atoms with Gasteiger partial charge in [0.1, 0.15) is 12.4 Å². The summed E-state index contributed by atoms with van der Waals surface area (Å²) in [6, 6.07) is 7.41. The van der Waals surface area contributed by atoms with Gasteiger partial charge in [-0.1, -0.05) is 0 Å². The Kier molecular flexibility index (Phi) is 5.15. The van der Waals surface area contributed by atoms with Gasteiger partial charge in [-0.05, 0) is 51.0 Å². The van der Waals surface area contributed by atoms with Crippen LogP contribution < -0.4 is 10.1 Å². The molecule has 1 atom stereocenters. The van der Waals surface area contributed by atoms with Gasteiger partial charge < -0.3 is 14.8 Å². The summed E-state index contributed by atoms with van der Waals surface area (Å²) >= 11 is 0. The van der Waals surface area contributed by atoms with Gasteiger partial charge in [0.15, 0.2) is 0 Å². The second kappa shape index (κ2) is 7.49. The largest absolute Gasteiger partial charge is 0.491 e. The van der Waals surface area contributed by atoms with Crippen molar-refractivity contribution in [2.75, 3.05) is 18.5 Å². The van der Waals surface area contributed by atoms with Crippen LogP contribution in [0.25, 0.3) is 0 Å². The number of nitrogens with zero attached hydrogens (tertiary/aromatic N) is 1. The number of anilines is 1. The lowest BCUT2D eigenvalue weighted by atomic mass is 10.1. The molecule has 1 saturated heterocycles. The van der Waals surface area contributed by atoms with Crippen LogP contribution in [-0.2, 0) is 16.0 Å². The molecule has 0 saturated carbocycles. The maximum atomic E-state index is 12.2. The molecule has 1 fully saturated rings. The van der Waals surface area contributed by atoms with Gasteiger partial charge in [-0.2, -0.15) is 5.10 Å². The Labute approximate surface area is 141 Å². The standard InChI is InChI=1S/C18H23N3O3/c1-12-17(13(2)21-20-12)10-18(22)19-14-5-7-15(8-6-14)24-11-16-4-3-9-23-16/h5-8,16H,3-4,9-11H2,1-2H3,(H,19,22)(H,20,21)/t16-/m0/s1. The van der Waals surface area contributed by atoms with Crippen molar-refractivity contribution in [1.29, 1.82) is 0 Å². The predicted octanol–water partition coefficient (Wildman–Crippen LogP) is 2.77. The molecule has 0 aliphatic carbocycles. The normalized spacial score (nSPS) is 17.0. The fourth-order valence-electron chi connectivity index (χ4n) is 2.80. The number of benzene rings is 1. The number of carbonyl (C=O) groups is 1. The lowest BCUT2D eigenvalue weighted by Crippen LogP contribution is -2.16. The first-order valence-corrected chi connectivity index (χ1v) is 8.26. The van der Waals surface area contributed by atoms with Gasteiger partial charge in [-0.25, -0.2) is 0 Å². The number of nitrogens with one attached hydrogen (secondary N) is 2. The number of carbonyl (C=O) groups excluding carboxylic acids is 1. The quantitative estimate of drug-likeness (QED) is 0.854. The van der Waals surface area contributed by atoms with Crippen molar-refractivity contribution in [1.82, 2.24) is 10.2 Å². The summed E-state index contributed by atoms with van der Waals surface area (Å²) in [6.45, 7) is 5.22. The molecule has 0 radical (unpaired) electrons. The lowest BCUT2D eigenvalue weighted by Gasteiger charge is -2.12. The van der Waals surface area contributed by atoms with Crippen LogP contribution in [-0.4, -0.2) is 35.4 Å². The summed E-state index contributed by atoms with van der Waals surface area (Å²) in [5.74, 6) is 0.723. The third-order valence-corrected chi connectivity index (χ3v) is 4.22. The first-order chi connectivity index (χ1) is 11.6. The van der Waals surface area contributed by atoms with Gasteiger partial charge in [-0.3, -0.25) is 9.89 Å². The number of rotatable bonds is 6. The molecule has 2 N–H and O–H groups in total. The number of hydrogen-bond donors (Lipinski definition) is 2. The molecule has 6 nitrogen and oxygen atoms in total. The number of aromatic nitrogens is 2. The van der Waals surface area contributed by atoms with E-state index in [0.717, 1.165) is 47.8 Å². The van der Waals surface area contributed by atoms with E-state index >= 15 is 0 Å². The van der Waals surface area contributed by atoms with Crippen molar-refractivity contribution in [3.05, 3.63) is 41.2 Å². The van der Waals surface area contributed by atoms with E-state index in [-0.39, 0.29) is 12.0 Å². The molecule has 1 aliphatic heterocycles.